The number of nitrogens with two attached hydrogens (primary N) is 3. The van der Waals surface area contributed by atoms with E-state index in [1.807, 2.05) is 6.92 Å². The first-order chi connectivity index (χ1) is 31.8. The van der Waals surface area contributed by atoms with Crippen LogP contribution in [0.15, 0.2) is 24.3 Å². The number of aliphatic hydroxyl groups excluding tert-OH is 1. The molecule has 372 valence electrons. The first-order valence-corrected chi connectivity index (χ1v) is 23.6. The smallest absolute Gasteiger partial charge is 0.246 e. The van der Waals surface area contributed by atoms with Crippen molar-refractivity contribution in [3.8, 4) is 5.75 Å². The molecule has 2 heterocycles. The van der Waals surface area contributed by atoms with E-state index in [0.717, 1.165) is 11.8 Å². The van der Waals surface area contributed by atoms with Gasteiger partial charge in [-0.25, -0.2) is 0 Å². The quantitative estimate of drug-likeness (QED) is 0.0675. The van der Waals surface area contributed by atoms with Crippen LogP contribution in [0.5, 0.6) is 5.75 Å². The van der Waals surface area contributed by atoms with Crippen LogP contribution >= 0.6 is 11.8 Å². The third-order valence-electron chi connectivity index (χ3n) is 11.2. The lowest BCUT2D eigenvalue weighted by molar-refractivity contribution is -0.142. The summed E-state index contributed by atoms with van der Waals surface area (Å²) in [5.41, 5.74) is 16.9. The molecule has 2 aliphatic rings. The van der Waals surface area contributed by atoms with Gasteiger partial charge in [-0.3, -0.25) is 47.9 Å². The molecule has 1 unspecified atom stereocenters. The number of aliphatic hydroxyl groups is 1. The summed E-state index contributed by atoms with van der Waals surface area (Å²) in [5.74, 6) is -8.31. The molecule has 0 saturated carbocycles. The van der Waals surface area contributed by atoms with E-state index in [1.165, 1.54) is 11.8 Å². The first kappa shape index (κ1) is 55.3. The lowest BCUT2D eigenvalue weighted by Gasteiger charge is -2.31. The first-order valence-electron chi connectivity index (χ1n) is 22.4. The van der Waals surface area contributed by atoms with Crippen LogP contribution in [0.1, 0.15) is 78.2 Å². The average Bonchev–Trinajstić information content (AvgIpc) is 3.78. The van der Waals surface area contributed by atoms with Gasteiger partial charge in [-0.15, -0.1) is 0 Å². The van der Waals surface area contributed by atoms with E-state index in [2.05, 4.69) is 37.2 Å². The zero-order valence-electron chi connectivity index (χ0n) is 38.4. The molecule has 2 aliphatic heterocycles. The Morgan fingerprint density at radius 2 is 1.54 bits per heavy atom. The van der Waals surface area contributed by atoms with Crippen molar-refractivity contribution in [2.75, 3.05) is 37.7 Å². The van der Waals surface area contributed by atoms with Crippen LogP contribution in [0.2, 0.25) is 0 Å². The molecule has 0 aliphatic carbocycles. The maximum absolute atomic E-state index is 14.4. The van der Waals surface area contributed by atoms with Gasteiger partial charge in [0.05, 0.1) is 25.7 Å². The zero-order chi connectivity index (χ0) is 49.8. The number of carbonyl (C=O) groups is 10. The predicted molar refractivity (Wildman–Crippen MR) is 245 cm³/mol. The minimum Gasteiger partial charge on any atom is -0.494 e. The minimum atomic E-state index is -1.73. The Bertz CT molecular complexity index is 1920. The fourth-order valence-electron chi connectivity index (χ4n) is 7.35. The summed E-state index contributed by atoms with van der Waals surface area (Å²) in [4.78, 5) is 135. The zero-order valence-corrected chi connectivity index (χ0v) is 39.2. The maximum atomic E-state index is 14.4. The number of carbonyl (C=O) groups excluding carboxylic acids is 10. The topological polar surface area (TPSA) is 366 Å². The summed E-state index contributed by atoms with van der Waals surface area (Å²) in [5, 5.41) is 28.6. The molecular weight excluding hydrogens is 895 g/mol. The van der Waals surface area contributed by atoms with E-state index in [9.17, 15) is 53.1 Å². The van der Waals surface area contributed by atoms with Crippen LogP contribution in [0.25, 0.3) is 0 Å². The number of nitrogens with one attached hydrogen (secondary N) is 7. The van der Waals surface area contributed by atoms with E-state index in [1.54, 1.807) is 38.1 Å². The third kappa shape index (κ3) is 17.6. The highest BCUT2D eigenvalue weighted by molar-refractivity contribution is 7.99. The Morgan fingerprint density at radius 1 is 0.881 bits per heavy atom. The van der Waals surface area contributed by atoms with Gasteiger partial charge < -0.3 is 69.2 Å². The molecule has 24 heteroatoms. The molecule has 14 N–H and O–H groups in total. The van der Waals surface area contributed by atoms with Crippen molar-refractivity contribution in [3.05, 3.63) is 29.8 Å². The van der Waals surface area contributed by atoms with Gasteiger partial charge in [0.2, 0.25) is 59.1 Å². The van der Waals surface area contributed by atoms with Gasteiger partial charge in [-0.05, 0) is 69.7 Å². The van der Waals surface area contributed by atoms with Gasteiger partial charge in [0.15, 0.2) is 0 Å². The lowest BCUT2D eigenvalue weighted by Crippen LogP contribution is -2.63. The van der Waals surface area contributed by atoms with Crippen molar-refractivity contribution in [2.45, 2.75) is 127 Å². The molecule has 9 atom stereocenters. The van der Waals surface area contributed by atoms with E-state index >= 15 is 0 Å². The predicted octanol–water partition coefficient (Wildman–Crippen LogP) is -3.69. The van der Waals surface area contributed by atoms with Crippen LogP contribution in [-0.4, -0.2) is 155 Å². The molecule has 0 radical (unpaired) electrons. The number of nitrogens with zero attached hydrogens (tertiary/aromatic N) is 1. The van der Waals surface area contributed by atoms with Crippen molar-refractivity contribution in [3.63, 3.8) is 0 Å². The van der Waals surface area contributed by atoms with E-state index in [4.69, 9.17) is 21.9 Å². The van der Waals surface area contributed by atoms with Crippen molar-refractivity contribution >= 4 is 70.8 Å². The van der Waals surface area contributed by atoms with Crippen LogP contribution in [-0.2, 0) is 54.4 Å². The van der Waals surface area contributed by atoms with Gasteiger partial charge in [0.1, 0.15) is 48.0 Å². The monoisotopic (exact) mass is 961 g/mol. The van der Waals surface area contributed by atoms with E-state index < -0.39 is 126 Å². The molecule has 2 saturated heterocycles. The van der Waals surface area contributed by atoms with Crippen molar-refractivity contribution in [2.24, 2.45) is 23.1 Å². The van der Waals surface area contributed by atoms with E-state index in [0.29, 0.717) is 37.2 Å². The lowest BCUT2D eigenvalue weighted by atomic mass is 9.96. The van der Waals surface area contributed by atoms with Gasteiger partial charge in [-0.2, -0.15) is 11.8 Å². The fraction of sp³-hybridized carbons (Fsp3) is 0.628. The standard InChI is InChI=1S/C43H67N11O12S/c1-5-23(3)35-41(63)53-36(24(4)55)42(64)50-29(20-32(45)56)38(60)51-30(22-67-18-15-34(58)48-28(39(61)52-35)19-25-11-13-26(14-12-25)66-6-2)43(65)54-17-8-10-31(54)40(62)49-27(9-7-16-44)37(59)47-21-33(46)57/h11-14,23-24,27-31,35-36,55H,5-10,15-22,44H2,1-4H3,(H2,45,56)(H2,46,57)(H,47,59)(H,48,58)(H,49,62)(H,50,64)(H,51,60)(H,52,61)(H,53,63)/t23-,24+,27-,28+,29-,30?,31-,35-,36-/m0/s1. The Kier molecular flexibility index (Phi) is 22.8. The highest BCUT2D eigenvalue weighted by atomic mass is 32.2. The number of rotatable bonds is 18. The molecule has 23 nitrogen and oxygen atoms in total. The number of likely N-dealkylation sites (tertiary alicyclic amines) is 1. The number of ether oxygens (including phenoxy) is 1. The molecule has 1 aromatic carbocycles. The van der Waals surface area contributed by atoms with Crippen molar-refractivity contribution < 1.29 is 57.8 Å². The van der Waals surface area contributed by atoms with Crippen molar-refractivity contribution in [1.82, 2.24) is 42.1 Å². The van der Waals surface area contributed by atoms with Gasteiger partial charge in [0, 0.05) is 30.9 Å². The second-order valence-corrected chi connectivity index (χ2v) is 17.6. The molecule has 67 heavy (non-hydrogen) atoms. The van der Waals surface area contributed by atoms with Crippen LogP contribution in [0.4, 0.5) is 0 Å². The number of benzene rings is 1. The number of primary amides is 2. The average molecular weight is 962 g/mol. The molecule has 0 aromatic heterocycles. The maximum Gasteiger partial charge on any atom is 0.246 e. The SMILES string of the molecule is CCOc1ccc(C[C@H]2NC(=O)CCSCC(C(=O)N3CCC[C@H]3C(=O)N[C@@H](CCCN)C(=O)NCC(N)=O)NC(=O)[C@H](CC(N)=O)NC(=O)[C@H]([C@@H](C)O)NC(=O)[C@H]([C@@H](C)CC)NC2=O)cc1. The van der Waals surface area contributed by atoms with E-state index in [-0.39, 0.29) is 50.3 Å². The summed E-state index contributed by atoms with van der Waals surface area (Å²) in [6, 6.07) is -2.72. The van der Waals surface area contributed by atoms with Gasteiger partial charge in [-0.1, -0.05) is 32.4 Å². The van der Waals surface area contributed by atoms with Gasteiger partial charge >= 0.3 is 0 Å². The minimum absolute atomic E-state index is 0.00488. The Labute approximate surface area is 393 Å². The number of thioether (sulfide) groups is 1. The molecule has 3 rings (SSSR count). The second kappa shape index (κ2) is 27.6. The molecule has 10 amide bonds. The van der Waals surface area contributed by atoms with Gasteiger partial charge in [0.25, 0.3) is 0 Å². The molecular formula is C43H67N11O12S. The normalized spacial score (nSPS) is 23.8. The summed E-state index contributed by atoms with van der Waals surface area (Å²) in [6.07, 6.45) is -1.18. The second-order valence-electron chi connectivity index (χ2n) is 16.5. The summed E-state index contributed by atoms with van der Waals surface area (Å²) < 4.78 is 5.53. The molecule has 0 bridgehead atoms. The van der Waals surface area contributed by atoms with Crippen LogP contribution < -0.4 is 59.2 Å². The Balaban J connectivity index is 2.01. The number of hydrogen-bond acceptors (Lipinski definition) is 14. The summed E-state index contributed by atoms with van der Waals surface area (Å²) >= 11 is 1.07. The molecule has 0 spiro atoms. The van der Waals surface area contributed by atoms with Crippen LogP contribution in [0, 0.1) is 5.92 Å². The van der Waals surface area contributed by atoms with Crippen LogP contribution in [0.3, 0.4) is 0 Å². The summed E-state index contributed by atoms with van der Waals surface area (Å²) in [7, 11) is 0. The molecule has 1 aromatic rings. The fourth-order valence-corrected chi connectivity index (χ4v) is 8.31. The Hall–Kier alpha value is -6.01. The largest absolute Gasteiger partial charge is 0.494 e. The van der Waals surface area contributed by atoms with Crippen molar-refractivity contribution in [1.29, 1.82) is 0 Å². The molecule has 2 fully saturated rings. The third-order valence-corrected chi connectivity index (χ3v) is 12.3. The number of amides is 10. The highest BCUT2D eigenvalue weighted by Crippen LogP contribution is 2.21. The highest BCUT2D eigenvalue weighted by Gasteiger charge is 2.41. The number of hydrogen-bond donors (Lipinski definition) is 11. The summed E-state index contributed by atoms with van der Waals surface area (Å²) in [6.45, 7) is 6.69. The Morgan fingerprint density at radius 3 is 2.15 bits per heavy atom.